The topological polar surface area (TPSA) is 54.1 Å². The van der Waals surface area contributed by atoms with Crippen LogP contribution in [0, 0.1) is 0 Å². The minimum atomic E-state index is -0.330. The van der Waals surface area contributed by atoms with Gasteiger partial charge in [0.25, 0.3) is 0 Å². The highest BCUT2D eigenvalue weighted by atomic mass is 16.5. The van der Waals surface area contributed by atoms with Crippen molar-refractivity contribution in [1.29, 1.82) is 0 Å². The fourth-order valence-corrected chi connectivity index (χ4v) is 1.82. The first-order chi connectivity index (χ1) is 7.98. The summed E-state index contributed by atoms with van der Waals surface area (Å²) in [6, 6.07) is 3.65. The Labute approximate surface area is 103 Å². The molecule has 0 saturated carbocycles. The number of rotatable bonds is 6. The molecule has 1 rings (SSSR count). The normalized spacial score (nSPS) is 11.5. The fourth-order valence-electron chi connectivity index (χ4n) is 1.82. The number of H-pyrrole nitrogens is 1. The fraction of sp³-hybridized carbons (Fsp3) is 0.615. The van der Waals surface area contributed by atoms with E-state index in [0.717, 1.165) is 25.1 Å². The first-order valence-electron chi connectivity index (χ1n) is 5.99. The monoisotopic (exact) mass is 238 g/mol. The summed E-state index contributed by atoms with van der Waals surface area (Å²) in [7, 11) is 1.38. The van der Waals surface area contributed by atoms with Crippen LogP contribution in [0.3, 0.4) is 0 Å². The SMILES string of the molecule is CCCC(C)(C)NCc1ccc(C(=O)OC)[nH]1. The summed E-state index contributed by atoms with van der Waals surface area (Å²) in [4.78, 5) is 14.3. The lowest BCUT2D eigenvalue weighted by Gasteiger charge is -2.25. The maximum Gasteiger partial charge on any atom is 0.354 e. The van der Waals surface area contributed by atoms with E-state index in [1.807, 2.05) is 6.07 Å². The predicted molar refractivity (Wildman–Crippen MR) is 68.0 cm³/mol. The molecule has 0 aliphatic heterocycles. The van der Waals surface area contributed by atoms with Crippen LogP contribution in [0.15, 0.2) is 12.1 Å². The number of nitrogens with one attached hydrogen (secondary N) is 2. The van der Waals surface area contributed by atoms with Gasteiger partial charge in [0.1, 0.15) is 5.69 Å². The van der Waals surface area contributed by atoms with Gasteiger partial charge in [-0.1, -0.05) is 13.3 Å². The predicted octanol–water partition coefficient (Wildman–Crippen LogP) is 2.47. The molecular formula is C13H22N2O2. The third kappa shape index (κ3) is 4.23. The zero-order valence-corrected chi connectivity index (χ0v) is 11.1. The van der Waals surface area contributed by atoms with Crippen LogP contribution in [0.4, 0.5) is 0 Å². The summed E-state index contributed by atoms with van der Waals surface area (Å²) in [6.07, 6.45) is 2.27. The third-order valence-electron chi connectivity index (χ3n) is 2.78. The van der Waals surface area contributed by atoms with Gasteiger partial charge in [-0.2, -0.15) is 0 Å². The quantitative estimate of drug-likeness (QED) is 0.749. The van der Waals surface area contributed by atoms with Gasteiger partial charge in [0.05, 0.1) is 7.11 Å². The van der Waals surface area contributed by atoms with E-state index in [1.165, 1.54) is 7.11 Å². The van der Waals surface area contributed by atoms with Gasteiger partial charge in [-0.15, -0.1) is 0 Å². The molecule has 0 aromatic carbocycles. The molecule has 0 unspecified atom stereocenters. The highest BCUT2D eigenvalue weighted by Gasteiger charge is 2.16. The Hall–Kier alpha value is -1.29. The summed E-state index contributed by atoms with van der Waals surface area (Å²) in [5.41, 5.74) is 1.61. The van der Waals surface area contributed by atoms with Crippen molar-refractivity contribution in [3.63, 3.8) is 0 Å². The number of hydrogen-bond acceptors (Lipinski definition) is 3. The molecule has 0 radical (unpaired) electrons. The molecule has 1 heterocycles. The molecule has 0 amide bonds. The molecule has 0 spiro atoms. The van der Waals surface area contributed by atoms with Gasteiger partial charge < -0.3 is 15.0 Å². The molecule has 1 aromatic rings. The second-order valence-electron chi connectivity index (χ2n) is 4.88. The van der Waals surface area contributed by atoms with Gasteiger partial charge in [-0.25, -0.2) is 4.79 Å². The van der Waals surface area contributed by atoms with E-state index >= 15 is 0 Å². The van der Waals surface area contributed by atoms with E-state index in [9.17, 15) is 4.79 Å². The highest BCUT2D eigenvalue weighted by Crippen LogP contribution is 2.12. The van der Waals surface area contributed by atoms with Gasteiger partial charge in [-0.3, -0.25) is 0 Å². The van der Waals surface area contributed by atoms with Crippen LogP contribution in [-0.2, 0) is 11.3 Å². The summed E-state index contributed by atoms with van der Waals surface area (Å²) < 4.78 is 4.64. The standard InChI is InChI=1S/C13H22N2O2/c1-5-8-13(2,3)14-9-10-6-7-11(15-10)12(16)17-4/h6-7,14-15H,5,8-9H2,1-4H3. The lowest BCUT2D eigenvalue weighted by atomic mass is 9.99. The van der Waals surface area contributed by atoms with Crippen molar-refractivity contribution in [1.82, 2.24) is 10.3 Å². The Balaban J connectivity index is 2.53. The molecule has 0 fully saturated rings. The highest BCUT2D eigenvalue weighted by molar-refractivity contribution is 5.87. The Bertz CT molecular complexity index is 369. The number of ether oxygens (including phenoxy) is 1. The van der Waals surface area contributed by atoms with Crippen LogP contribution in [0.5, 0.6) is 0 Å². The average molecular weight is 238 g/mol. The minimum Gasteiger partial charge on any atom is -0.464 e. The molecule has 96 valence electrons. The number of esters is 1. The molecule has 4 nitrogen and oxygen atoms in total. The Morgan fingerprint density at radius 2 is 2.18 bits per heavy atom. The molecule has 4 heteroatoms. The van der Waals surface area contributed by atoms with Gasteiger partial charge in [0.2, 0.25) is 0 Å². The van der Waals surface area contributed by atoms with Crippen molar-refractivity contribution in [2.45, 2.75) is 45.7 Å². The molecule has 17 heavy (non-hydrogen) atoms. The number of carbonyl (C=O) groups excluding carboxylic acids is 1. The van der Waals surface area contributed by atoms with Crippen molar-refractivity contribution >= 4 is 5.97 Å². The number of carbonyl (C=O) groups is 1. The zero-order chi connectivity index (χ0) is 12.9. The summed E-state index contributed by atoms with van der Waals surface area (Å²) in [5, 5.41) is 3.46. The van der Waals surface area contributed by atoms with Crippen LogP contribution in [0.2, 0.25) is 0 Å². The third-order valence-corrected chi connectivity index (χ3v) is 2.78. The molecule has 0 aliphatic carbocycles. The van der Waals surface area contributed by atoms with E-state index in [-0.39, 0.29) is 11.5 Å². The maximum atomic E-state index is 11.3. The van der Waals surface area contributed by atoms with Gasteiger partial charge in [-0.05, 0) is 32.4 Å². The molecule has 0 atom stereocenters. The van der Waals surface area contributed by atoms with E-state index in [4.69, 9.17) is 0 Å². The molecule has 0 saturated heterocycles. The van der Waals surface area contributed by atoms with E-state index < -0.39 is 0 Å². The maximum absolute atomic E-state index is 11.3. The van der Waals surface area contributed by atoms with E-state index in [2.05, 4.69) is 35.8 Å². The van der Waals surface area contributed by atoms with Crippen LogP contribution < -0.4 is 5.32 Å². The van der Waals surface area contributed by atoms with Crippen LogP contribution in [0.25, 0.3) is 0 Å². The lowest BCUT2D eigenvalue weighted by molar-refractivity contribution is 0.0594. The van der Waals surface area contributed by atoms with Crippen LogP contribution in [-0.4, -0.2) is 23.6 Å². The Kier molecular flexibility index (Phi) is 4.75. The van der Waals surface area contributed by atoms with Crippen molar-refractivity contribution in [2.24, 2.45) is 0 Å². The van der Waals surface area contributed by atoms with E-state index in [1.54, 1.807) is 6.07 Å². The molecule has 0 aliphatic rings. The molecular weight excluding hydrogens is 216 g/mol. The first kappa shape index (κ1) is 13.8. The average Bonchev–Trinajstić information content (AvgIpc) is 2.74. The second kappa shape index (κ2) is 5.87. The van der Waals surface area contributed by atoms with Gasteiger partial charge >= 0.3 is 5.97 Å². The molecule has 0 bridgehead atoms. The zero-order valence-electron chi connectivity index (χ0n) is 11.1. The van der Waals surface area contributed by atoms with Crippen molar-refractivity contribution in [3.05, 3.63) is 23.5 Å². The first-order valence-corrected chi connectivity index (χ1v) is 5.99. The van der Waals surface area contributed by atoms with Crippen molar-refractivity contribution in [3.8, 4) is 0 Å². The summed E-state index contributed by atoms with van der Waals surface area (Å²) >= 11 is 0. The number of hydrogen-bond donors (Lipinski definition) is 2. The number of methoxy groups -OCH3 is 1. The molecule has 2 N–H and O–H groups in total. The largest absolute Gasteiger partial charge is 0.464 e. The smallest absolute Gasteiger partial charge is 0.354 e. The van der Waals surface area contributed by atoms with Gasteiger partial charge in [0, 0.05) is 17.8 Å². The van der Waals surface area contributed by atoms with Crippen molar-refractivity contribution < 1.29 is 9.53 Å². The molecule has 1 aromatic heterocycles. The van der Waals surface area contributed by atoms with Gasteiger partial charge in [0.15, 0.2) is 0 Å². The van der Waals surface area contributed by atoms with E-state index in [0.29, 0.717) is 5.69 Å². The number of aromatic amines is 1. The minimum absolute atomic E-state index is 0.116. The Morgan fingerprint density at radius 3 is 2.76 bits per heavy atom. The summed E-state index contributed by atoms with van der Waals surface area (Å²) in [5.74, 6) is -0.330. The number of aromatic nitrogens is 1. The Morgan fingerprint density at radius 1 is 1.47 bits per heavy atom. The van der Waals surface area contributed by atoms with Crippen molar-refractivity contribution in [2.75, 3.05) is 7.11 Å². The summed E-state index contributed by atoms with van der Waals surface area (Å²) in [6.45, 7) is 7.26. The second-order valence-corrected chi connectivity index (χ2v) is 4.88. The van der Waals surface area contributed by atoms with Crippen LogP contribution in [0.1, 0.15) is 49.8 Å². The van der Waals surface area contributed by atoms with Crippen LogP contribution >= 0.6 is 0 Å². The lowest BCUT2D eigenvalue weighted by Crippen LogP contribution is -2.38.